The zero-order valence-electron chi connectivity index (χ0n) is 20.4. The van der Waals surface area contributed by atoms with Gasteiger partial charge in [-0.1, -0.05) is 12.1 Å². The summed E-state index contributed by atoms with van der Waals surface area (Å²) in [5.41, 5.74) is 1.30. The van der Waals surface area contributed by atoms with Gasteiger partial charge in [0.15, 0.2) is 17.4 Å². The van der Waals surface area contributed by atoms with Crippen molar-refractivity contribution in [1.82, 2.24) is 9.80 Å². The van der Waals surface area contributed by atoms with E-state index < -0.39 is 30.1 Å². The van der Waals surface area contributed by atoms with Crippen molar-refractivity contribution in [1.29, 1.82) is 0 Å². The number of hydrogen-bond donors (Lipinski definition) is 1. The lowest BCUT2D eigenvalue weighted by molar-refractivity contribution is -0.137. The van der Waals surface area contributed by atoms with Crippen LogP contribution in [0.15, 0.2) is 57.8 Å². The number of rotatable bonds is 11. The molecule has 1 N–H and O–H groups in total. The molecule has 0 spiro atoms. The van der Waals surface area contributed by atoms with E-state index in [1.807, 2.05) is 0 Å². The van der Waals surface area contributed by atoms with Crippen molar-refractivity contribution in [3.63, 3.8) is 0 Å². The Bertz CT molecular complexity index is 1240. The molecule has 0 atom stereocenters. The molecule has 0 aliphatic carbocycles. The van der Waals surface area contributed by atoms with Gasteiger partial charge in [-0.2, -0.15) is 0 Å². The molecule has 7 nitrogen and oxygen atoms in total. The summed E-state index contributed by atoms with van der Waals surface area (Å²) in [6.07, 6.45) is 4.02. The van der Waals surface area contributed by atoms with Crippen LogP contribution in [0.25, 0.3) is 11.1 Å². The molecule has 0 radical (unpaired) electrons. The van der Waals surface area contributed by atoms with Gasteiger partial charge in [0.2, 0.25) is 0 Å². The first-order valence-corrected chi connectivity index (χ1v) is 13.1. The van der Waals surface area contributed by atoms with Crippen molar-refractivity contribution in [3.05, 3.63) is 71.7 Å². The Hall–Kier alpha value is -3.37. The lowest BCUT2D eigenvalue weighted by Crippen LogP contribution is -2.40. The minimum absolute atomic E-state index is 0.0551. The van der Waals surface area contributed by atoms with Crippen LogP contribution >= 0.6 is 11.8 Å². The van der Waals surface area contributed by atoms with E-state index in [1.54, 1.807) is 36.6 Å². The second-order valence-corrected chi connectivity index (χ2v) is 9.56. The fourth-order valence-corrected chi connectivity index (χ4v) is 4.84. The van der Waals surface area contributed by atoms with Crippen LogP contribution in [0.1, 0.15) is 29.2 Å². The summed E-state index contributed by atoms with van der Waals surface area (Å²) in [6.45, 7) is 2.49. The second-order valence-electron chi connectivity index (χ2n) is 8.71. The monoisotopic (exact) mass is 530 g/mol. The number of aliphatic carboxylic acids is 1. The number of carbonyl (C=O) groups excluding carboxylic acids is 1. The van der Waals surface area contributed by atoms with Gasteiger partial charge >= 0.3 is 5.97 Å². The molecule has 2 heterocycles. The molecule has 1 amide bonds. The zero-order chi connectivity index (χ0) is 26.4. The van der Waals surface area contributed by atoms with Crippen LogP contribution < -0.4 is 4.74 Å². The van der Waals surface area contributed by atoms with E-state index in [9.17, 15) is 23.5 Å². The molecule has 10 heteroatoms. The number of carboxylic acids is 1. The highest BCUT2D eigenvalue weighted by Crippen LogP contribution is 2.33. The van der Waals surface area contributed by atoms with Crippen molar-refractivity contribution >= 4 is 23.6 Å². The maximum absolute atomic E-state index is 13.8. The highest BCUT2D eigenvalue weighted by molar-refractivity contribution is 7.98. The number of ether oxygens (including phenoxy) is 1. The smallest absolute Gasteiger partial charge is 0.323 e. The van der Waals surface area contributed by atoms with E-state index in [0.29, 0.717) is 40.6 Å². The number of thioether (sulfide) groups is 1. The van der Waals surface area contributed by atoms with Crippen LogP contribution in [0.4, 0.5) is 8.78 Å². The van der Waals surface area contributed by atoms with Crippen LogP contribution in [0, 0.1) is 11.6 Å². The quantitative estimate of drug-likeness (QED) is 0.344. The lowest BCUT2D eigenvalue weighted by Gasteiger charge is -2.23. The minimum Gasteiger partial charge on any atom is -0.486 e. The van der Waals surface area contributed by atoms with E-state index in [2.05, 4.69) is 4.90 Å². The summed E-state index contributed by atoms with van der Waals surface area (Å²) in [4.78, 5) is 28.3. The molecule has 1 fully saturated rings. The fourth-order valence-electron chi connectivity index (χ4n) is 4.22. The van der Waals surface area contributed by atoms with Gasteiger partial charge in [-0.15, -0.1) is 11.8 Å². The van der Waals surface area contributed by atoms with Gasteiger partial charge in [0.25, 0.3) is 5.91 Å². The molecule has 196 valence electrons. The van der Waals surface area contributed by atoms with Gasteiger partial charge in [-0.25, -0.2) is 8.78 Å². The molecular weight excluding hydrogens is 502 g/mol. The van der Waals surface area contributed by atoms with Crippen LogP contribution in [-0.2, 0) is 11.4 Å². The maximum Gasteiger partial charge on any atom is 0.323 e. The summed E-state index contributed by atoms with van der Waals surface area (Å²) in [5.74, 6) is -2.36. The molecular formula is C27H28F2N2O5S. The van der Waals surface area contributed by atoms with Crippen molar-refractivity contribution in [2.24, 2.45) is 0 Å². The standard InChI is InChI=1S/C27H28F2N2O5S/c1-37-25-15-23(29)22(28)14-21(25)18-4-6-19(7-5-18)35-17-20-8-9-24(36-20)27(34)31(16-26(32)33)13-12-30-10-2-3-11-30/h4-9,14-15H,2-3,10-13,16-17H2,1H3,(H,32,33). The number of likely N-dealkylation sites (tertiary alicyclic amines) is 1. The molecule has 1 aliphatic heterocycles. The Balaban J connectivity index is 1.37. The summed E-state index contributed by atoms with van der Waals surface area (Å²) < 4.78 is 38.8. The number of nitrogens with zero attached hydrogens (tertiary/aromatic N) is 2. The van der Waals surface area contributed by atoms with E-state index in [-0.39, 0.29) is 12.4 Å². The largest absolute Gasteiger partial charge is 0.486 e. The number of amides is 1. The minimum atomic E-state index is -1.08. The molecule has 0 bridgehead atoms. The highest BCUT2D eigenvalue weighted by atomic mass is 32.2. The van der Waals surface area contributed by atoms with Gasteiger partial charge in [0, 0.05) is 18.0 Å². The number of furan rings is 1. The first-order chi connectivity index (χ1) is 17.8. The number of benzene rings is 2. The Kier molecular flexibility index (Phi) is 8.83. The van der Waals surface area contributed by atoms with Crippen LogP contribution in [-0.4, -0.2) is 65.8 Å². The maximum atomic E-state index is 13.8. The van der Waals surface area contributed by atoms with Crippen molar-refractivity contribution in [3.8, 4) is 16.9 Å². The number of halogens is 2. The number of hydrogen-bond acceptors (Lipinski definition) is 6. The normalized spacial score (nSPS) is 13.6. The molecule has 1 saturated heterocycles. The molecule has 4 rings (SSSR count). The van der Waals surface area contributed by atoms with Crippen molar-refractivity contribution < 1.29 is 32.6 Å². The van der Waals surface area contributed by atoms with E-state index >= 15 is 0 Å². The SMILES string of the molecule is CSc1cc(F)c(F)cc1-c1ccc(OCc2ccc(C(=O)N(CCN3CCCC3)CC(=O)O)o2)cc1. The Labute approximate surface area is 218 Å². The Morgan fingerprint density at radius 2 is 1.78 bits per heavy atom. The average molecular weight is 531 g/mol. The van der Waals surface area contributed by atoms with E-state index in [4.69, 9.17) is 9.15 Å². The summed E-state index contributed by atoms with van der Waals surface area (Å²) in [7, 11) is 0. The third-order valence-corrected chi connectivity index (χ3v) is 6.94. The van der Waals surface area contributed by atoms with Gasteiger partial charge in [-0.05, 0) is 79.7 Å². The first kappa shape index (κ1) is 26.7. The molecule has 0 saturated carbocycles. The summed E-state index contributed by atoms with van der Waals surface area (Å²) >= 11 is 1.33. The predicted molar refractivity (Wildman–Crippen MR) is 136 cm³/mol. The van der Waals surface area contributed by atoms with Gasteiger partial charge in [0.05, 0.1) is 0 Å². The van der Waals surface area contributed by atoms with E-state index in [0.717, 1.165) is 25.9 Å². The molecule has 1 aliphatic rings. The van der Waals surface area contributed by atoms with Crippen molar-refractivity contribution in [2.45, 2.75) is 24.3 Å². The molecule has 0 unspecified atom stereocenters. The third kappa shape index (κ3) is 6.90. The Morgan fingerprint density at radius 1 is 1.08 bits per heavy atom. The van der Waals surface area contributed by atoms with Gasteiger partial charge in [-0.3, -0.25) is 9.59 Å². The lowest BCUT2D eigenvalue weighted by atomic mass is 10.1. The molecule has 2 aromatic carbocycles. The average Bonchev–Trinajstić information content (AvgIpc) is 3.59. The molecule has 3 aromatic rings. The number of carboxylic acid groups (broad SMARTS) is 1. The van der Waals surface area contributed by atoms with Crippen LogP contribution in [0.5, 0.6) is 5.75 Å². The second kappa shape index (κ2) is 12.2. The molecule has 37 heavy (non-hydrogen) atoms. The van der Waals surface area contributed by atoms with Crippen molar-refractivity contribution in [2.75, 3.05) is 39.0 Å². The first-order valence-electron chi connectivity index (χ1n) is 11.9. The van der Waals surface area contributed by atoms with Gasteiger partial charge in [0.1, 0.15) is 24.7 Å². The van der Waals surface area contributed by atoms with Crippen LogP contribution in [0.3, 0.4) is 0 Å². The van der Waals surface area contributed by atoms with Crippen LogP contribution in [0.2, 0.25) is 0 Å². The summed E-state index contributed by atoms with van der Waals surface area (Å²) in [5, 5.41) is 9.24. The van der Waals surface area contributed by atoms with E-state index in [1.165, 1.54) is 34.9 Å². The topological polar surface area (TPSA) is 83.2 Å². The Morgan fingerprint density at radius 3 is 2.46 bits per heavy atom. The third-order valence-electron chi connectivity index (χ3n) is 6.16. The number of carbonyl (C=O) groups is 2. The molecule has 1 aromatic heterocycles. The van der Waals surface area contributed by atoms with Gasteiger partial charge < -0.3 is 24.1 Å². The highest BCUT2D eigenvalue weighted by Gasteiger charge is 2.23. The summed E-state index contributed by atoms with van der Waals surface area (Å²) in [6, 6.07) is 12.4. The zero-order valence-corrected chi connectivity index (χ0v) is 21.2. The fraction of sp³-hybridized carbons (Fsp3) is 0.333. The predicted octanol–water partition coefficient (Wildman–Crippen LogP) is 5.15.